The van der Waals surface area contributed by atoms with Gasteiger partial charge >= 0.3 is 0 Å². The van der Waals surface area contributed by atoms with E-state index in [1.165, 1.54) is 29.4 Å². The van der Waals surface area contributed by atoms with Crippen LogP contribution in [0.15, 0.2) is 41.3 Å². The van der Waals surface area contributed by atoms with Crippen LogP contribution in [0.4, 0.5) is 0 Å². The van der Waals surface area contributed by atoms with Crippen molar-refractivity contribution in [3.05, 3.63) is 69.3 Å². The molecule has 0 atom stereocenters. The Bertz CT molecular complexity index is 1110. The number of fused-ring (bicyclic) bond motifs is 2. The summed E-state index contributed by atoms with van der Waals surface area (Å²) >= 11 is 0. The third-order valence-electron chi connectivity index (χ3n) is 6.44. The smallest absolute Gasteiger partial charge is 0.263 e. The summed E-state index contributed by atoms with van der Waals surface area (Å²) in [6, 6.07) is 10.0. The Morgan fingerprint density at radius 3 is 2.77 bits per heavy atom. The van der Waals surface area contributed by atoms with Crippen LogP contribution in [0.1, 0.15) is 72.6 Å². The first-order chi connectivity index (χ1) is 15.2. The number of hydrogen-bond acceptors (Lipinski definition) is 2. The van der Waals surface area contributed by atoms with E-state index in [0.29, 0.717) is 18.7 Å². The molecule has 0 saturated heterocycles. The Labute approximate surface area is 183 Å². The van der Waals surface area contributed by atoms with Crippen LogP contribution in [0.25, 0.3) is 10.9 Å². The molecule has 0 radical (unpaired) electrons. The largest absolute Gasteiger partial charge is 0.361 e. The van der Waals surface area contributed by atoms with Crippen molar-refractivity contribution in [1.82, 2.24) is 14.9 Å². The van der Waals surface area contributed by atoms with Crippen LogP contribution in [-0.2, 0) is 25.8 Å². The first kappa shape index (κ1) is 21.4. The molecule has 2 aromatic heterocycles. The quantitative estimate of drug-likeness (QED) is 0.580. The lowest BCUT2D eigenvalue weighted by Crippen LogP contribution is -2.36. The maximum atomic E-state index is 13.3. The number of para-hydroxylation sites is 1. The van der Waals surface area contributed by atoms with Crippen LogP contribution >= 0.6 is 0 Å². The summed E-state index contributed by atoms with van der Waals surface area (Å²) in [5.41, 5.74) is 4.80. The molecule has 5 nitrogen and oxygen atoms in total. The Balaban J connectivity index is 1.53. The first-order valence-corrected chi connectivity index (χ1v) is 11.8. The maximum Gasteiger partial charge on any atom is 0.263 e. The summed E-state index contributed by atoms with van der Waals surface area (Å²) in [7, 11) is 0. The van der Waals surface area contributed by atoms with Gasteiger partial charge in [0.2, 0.25) is 0 Å². The van der Waals surface area contributed by atoms with Crippen molar-refractivity contribution < 1.29 is 4.79 Å². The van der Waals surface area contributed by atoms with E-state index < -0.39 is 0 Å². The molecule has 3 aromatic rings. The van der Waals surface area contributed by atoms with Crippen LogP contribution in [0.3, 0.4) is 0 Å². The summed E-state index contributed by atoms with van der Waals surface area (Å²) in [5, 5.41) is 4.18. The number of pyridine rings is 1. The second kappa shape index (κ2) is 9.99. The number of aromatic nitrogens is 2. The fourth-order valence-corrected chi connectivity index (χ4v) is 4.69. The van der Waals surface area contributed by atoms with Crippen molar-refractivity contribution in [2.45, 2.75) is 71.3 Å². The van der Waals surface area contributed by atoms with Crippen molar-refractivity contribution in [1.29, 1.82) is 0 Å². The van der Waals surface area contributed by atoms with Gasteiger partial charge in [-0.3, -0.25) is 9.59 Å². The molecule has 0 saturated carbocycles. The van der Waals surface area contributed by atoms with Gasteiger partial charge in [0.25, 0.3) is 11.5 Å². The van der Waals surface area contributed by atoms with E-state index in [1.807, 2.05) is 35.0 Å². The number of rotatable bonds is 7. The third kappa shape index (κ3) is 4.76. The second-order valence-electron chi connectivity index (χ2n) is 8.62. The van der Waals surface area contributed by atoms with Crippen molar-refractivity contribution in [2.75, 3.05) is 6.54 Å². The summed E-state index contributed by atoms with van der Waals surface area (Å²) in [6.45, 7) is 3.34. The van der Waals surface area contributed by atoms with Crippen LogP contribution in [0.2, 0.25) is 0 Å². The molecule has 0 unspecified atom stereocenters. The molecule has 31 heavy (non-hydrogen) atoms. The molecule has 4 rings (SSSR count). The molecule has 5 heteroatoms. The molecule has 0 fully saturated rings. The van der Waals surface area contributed by atoms with Gasteiger partial charge in [0.05, 0.1) is 0 Å². The van der Waals surface area contributed by atoms with Crippen LogP contribution in [0.5, 0.6) is 0 Å². The van der Waals surface area contributed by atoms with Crippen LogP contribution in [-0.4, -0.2) is 22.0 Å². The van der Waals surface area contributed by atoms with Gasteiger partial charge in [-0.05, 0) is 61.8 Å². The predicted molar refractivity (Wildman–Crippen MR) is 126 cm³/mol. The number of carbonyl (C=O) groups is 1. The van der Waals surface area contributed by atoms with Crippen molar-refractivity contribution >= 4 is 16.8 Å². The summed E-state index contributed by atoms with van der Waals surface area (Å²) < 4.78 is 1.90. The number of aromatic amines is 1. The highest BCUT2D eigenvalue weighted by Crippen LogP contribution is 2.21. The van der Waals surface area contributed by atoms with Gasteiger partial charge in [-0.1, -0.05) is 44.4 Å². The second-order valence-corrected chi connectivity index (χ2v) is 8.62. The normalized spacial score (nSPS) is 14.1. The Morgan fingerprint density at radius 2 is 1.94 bits per heavy atom. The minimum absolute atomic E-state index is 0.127. The van der Waals surface area contributed by atoms with Crippen LogP contribution < -0.4 is 10.9 Å². The summed E-state index contributed by atoms with van der Waals surface area (Å²) in [4.78, 5) is 29.5. The van der Waals surface area contributed by atoms with Gasteiger partial charge in [0.1, 0.15) is 5.56 Å². The molecule has 1 amide bonds. The van der Waals surface area contributed by atoms with Gasteiger partial charge in [0.15, 0.2) is 0 Å². The predicted octanol–water partition coefficient (Wildman–Crippen LogP) is 4.76. The van der Waals surface area contributed by atoms with Gasteiger partial charge < -0.3 is 14.9 Å². The lowest BCUT2D eigenvalue weighted by molar-refractivity contribution is 0.0951. The molecule has 2 heterocycles. The molecular weight excluding hydrogens is 386 g/mol. The molecule has 0 spiro atoms. The molecule has 1 aromatic carbocycles. The van der Waals surface area contributed by atoms with E-state index in [1.54, 1.807) is 0 Å². The van der Waals surface area contributed by atoms with Crippen molar-refractivity contribution in [3.63, 3.8) is 0 Å². The Morgan fingerprint density at radius 1 is 1.13 bits per heavy atom. The molecule has 0 bridgehead atoms. The third-order valence-corrected chi connectivity index (χ3v) is 6.44. The zero-order valence-corrected chi connectivity index (χ0v) is 18.5. The van der Waals surface area contributed by atoms with Crippen molar-refractivity contribution in [3.8, 4) is 0 Å². The van der Waals surface area contributed by atoms with Gasteiger partial charge in [-0.15, -0.1) is 0 Å². The molecule has 2 N–H and O–H groups in total. The number of hydrogen-bond donors (Lipinski definition) is 2. The first-order valence-electron chi connectivity index (χ1n) is 11.8. The van der Waals surface area contributed by atoms with E-state index in [0.717, 1.165) is 56.2 Å². The van der Waals surface area contributed by atoms with Crippen LogP contribution in [0, 0.1) is 0 Å². The van der Waals surface area contributed by atoms with E-state index in [-0.39, 0.29) is 11.5 Å². The number of carbonyl (C=O) groups excluding carboxylic acids is 1. The monoisotopic (exact) mass is 419 g/mol. The maximum absolute atomic E-state index is 13.3. The fourth-order valence-electron chi connectivity index (χ4n) is 4.69. The summed E-state index contributed by atoms with van der Waals surface area (Å²) in [5.74, 6) is -0.250. The zero-order chi connectivity index (χ0) is 21.6. The average Bonchev–Trinajstić information content (AvgIpc) is 3.17. The average molecular weight is 420 g/mol. The van der Waals surface area contributed by atoms with E-state index in [4.69, 9.17) is 0 Å². The molecule has 164 valence electrons. The highest BCUT2D eigenvalue weighted by Gasteiger charge is 2.20. The number of H-pyrrole nitrogens is 1. The fraction of sp³-hybridized carbons (Fsp3) is 0.462. The number of aryl methyl sites for hydroxylation is 1. The van der Waals surface area contributed by atoms with E-state index >= 15 is 0 Å². The minimum atomic E-state index is -0.250. The minimum Gasteiger partial charge on any atom is -0.361 e. The van der Waals surface area contributed by atoms with E-state index in [2.05, 4.69) is 23.3 Å². The van der Waals surface area contributed by atoms with Gasteiger partial charge in [-0.2, -0.15) is 0 Å². The Hall–Kier alpha value is -2.82. The molecule has 1 aliphatic rings. The highest BCUT2D eigenvalue weighted by molar-refractivity contribution is 5.94. The Kier molecular flexibility index (Phi) is 6.90. The standard InChI is InChI=1S/C26H33N3O2/c1-2-3-16-29-24-13-7-5-4-6-10-19(24)17-22(26(29)31)25(30)27-15-14-20-18-28-23-12-9-8-11-21(20)23/h8-9,11-12,17-18,28H,2-7,10,13-16H2,1H3,(H,27,30). The molecule has 1 aliphatic carbocycles. The lowest BCUT2D eigenvalue weighted by atomic mass is 9.95. The number of nitrogens with one attached hydrogen (secondary N) is 2. The summed E-state index contributed by atoms with van der Waals surface area (Å²) in [6.07, 6.45) is 11.3. The van der Waals surface area contributed by atoms with Crippen molar-refractivity contribution in [2.24, 2.45) is 0 Å². The SMILES string of the molecule is CCCCn1c2c(cc(C(=O)NCCc3c[nH]c4ccccc34)c1=O)CCCCCC2. The van der Waals surface area contributed by atoms with Gasteiger partial charge in [-0.25, -0.2) is 0 Å². The number of nitrogens with zero attached hydrogens (tertiary/aromatic N) is 1. The zero-order valence-electron chi connectivity index (χ0n) is 18.5. The number of benzene rings is 1. The lowest BCUT2D eigenvalue weighted by Gasteiger charge is -2.21. The molecule has 0 aliphatic heterocycles. The van der Waals surface area contributed by atoms with Gasteiger partial charge in [0, 0.05) is 35.9 Å². The topological polar surface area (TPSA) is 66.9 Å². The number of unbranched alkanes of at least 4 members (excludes halogenated alkanes) is 1. The highest BCUT2D eigenvalue weighted by atomic mass is 16.2. The number of amides is 1. The molecular formula is C26H33N3O2. The van der Waals surface area contributed by atoms with E-state index in [9.17, 15) is 9.59 Å².